The lowest BCUT2D eigenvalue weighted by molar-refractivity contribution is 0.104. The van der Waals surface area contributed by atoms with Crippen molar-refractivity contribution in [3.05, 3.63) is 102 Å². The zero-order valence-electron chi connectivity index (χ0n) is 16.8. The fourth-order valence-corrected chi connectivity index (χ4v) is 3.98. The van der Waals surface area contributed by atoms with E-state index in [1.54, 1.807) is 11.9 Å². The van der Waals surface area contributed by atoms with E-state index in [1.807, 2.05) is 49.4 Å². The maximum absolute atomic E-state index is 12.8. The van der Waals surface area contributed by atoms with E-state index < -0.39 is 0 Å². The molecule has 0 spiro atoms. The SMILES string of the molecule is C=C(c1ccccc1)C(C)N(C)C(=O)OCC1c2ccccc2-c2ccccc21. The van der Waals surface area contributed by atoms with E-state index in [4.69, 9.17) is 4.74 Å². The summed E-state index contributed by atoms with van der Waals surface area (Å²) in [4.78, 5) is 14.4. The summed E-state index contributed by atoms with van der Waals surface area (Å²) in [6.45, 7) is 6.47. The molecule has 0 fully saturated rings. The molecular formula is C26H25NO2. The molecule has 3 heteroatoms. The van der Waals surface area contributed by atoms with Gasteiger partial charge in [0.1, 0.15) is 6.61 Å². The highest BCUT2D eigenvalue weighted by molar-refractivity contribution is 5.79. The van der Waals surface area contributed by atoms with Crippen molar-refractivity contribution in [3.8, 4) is 11.1 Å². The Kier molecular flexibility index (Phi) is 5.22. The molecule has 146 valence electrons. The van der Waals surface area contributed by atoms with Crippen molar-refractivity contribution in [3.63, 3.8) is 0 Å². The van der Waals surface area contributed by atoms with Crippen LogP contribution in [0.25, 0.3) is 16.7 Å². The summed E-state index contributed by atoms with van der Waals surface area (Å²) >= 11 is 0. The van der Waals surface area contributed by atoms with Gasteiger partial charge in [0.15, 0.2) is 0 Å². The molecule has 4 rings (SSSR count). The molecule has 1 aliphatic rings. The second-order valence-electron chi connectivity index (χ2n) is 7.48. The number of hydrogen-bond donors (Lipinski definition) is 0. The summed E-state index contributed by atoms with van der Waals surface area (Å²) in [6.07, 6.45) is -0.337. The summed E-state index contributed by atoms with van der Waals surface area (Å²) in [5.74, 6) is 0.0624. The summed E-state index contributed by atoms with van der Waals surface area (Å²) in [5, 5.41) is 0. The molecule has 0 N–H and O–H groups in total. The third kappa shape index (κ3) is 3.56. The number of benzene rings is 3. The molecule has 3 aromatic rings. The van der Waals surface area contributed by atoms with Gasteiger partial charge in [0, 0.05) is 13.0 Å². The molecule has 0 aromatic heterocycles. The minimum absolute atomic E-state index is 0.0624. The monoisotopic (exact) mass is 383 g/mol. The Morgan fingerprint density at radius 1 is 0.931 bits per heavy atom. The second kappa shape index (κ2) is 7.96. The number of amides is 1. The van der Waals surface area contributed by atoms with Gasteiger partial charge in [-0.2, -0.15) is 0 Å². The molecule has 1 amide bonds. The first-order valence-electron chi connectivity index (χ1n) is 9.90. The number of rotatable bonds is 5. The number of ether oxygens (including phenoxy) is 1. The van der Waals surface area contributed by atoms with Crippen LogP contribution in [0.5, 0.6) is 0 Å². The third-order valence-electron chi connectivity index (χ3n) is 5.85. The molecule has 0 saturated carbocycles. The Balaban J connectivity index is 1.46. The predicted octanol–water partition coefficient (Wildman–Crippen LogP) is 5.97. The maximum Gasteiger partial charge on any atom is 0.410 e. The van der Waals surface area contributed by atoms with Crippen molar-refractivity contribution in [2.75, 3.05) is 13.7 Å². The number of likely N-dealkylation sites (N-methyl/N-ethyl adjacent to an activating group) is 1. The number of fused-ring (bicyclic) bond motifs is 3. The fourth-order valence-electron chi connectivity index (χ4n) is 3.98. The molecule has 0 heterocycles. The van der Waals surface area contributed by atoms with Crippen LogP contribution in [0.2, 0.25) is 0 Å². The highest BCUT2D eigenvalue weighted by Crippen LogP contribution is 2.44. The first kappa shape index (κ1) is 19.0. The molecule has 0 saturated heterocycles. The quantitative estimate of drug-likeness (QED) is 0.543. The van der Waals surface area contributed by atoms with E-state index in [9.17, 15) is 4.79 Å². The Morgan fingerprint density at radius 3 is 2.03 bits per heavy atom. The van der Waals surface area contributed by atoms with E-state index in [2.05, 4.69) is 43.0 Å². The minimum Gasteiger partial charge on any atom is -0.448 e. The zero-order chi connectivity index (χ0) is 20.4. The number of carbonyl (C=O) groups excluding carboxylic acids is 1. The Labute approximate surface area is 172 Å². The second-order valence-corrected chi connectivity index (χ2v) is 7.48. The minimum atomic E-state index is -0.337. The third-order valence-corrected chi connectivity index (χ3v) is 5.85. The molecule has 3 aromatic carbocycles. The van der Waals surface area contributed by atoms with Crippen LogP contribution in [-0.2, 0) is 4.74 Å². The smallest absolute Gasteiger partial charge is 0.410 e. The molecule has 0 bridgehead atoms. The molecular weight excluding hydrogens is 358 g/mol. The summed E-state index contributed by atoms with van der Waals surface area (Å²) in [5.41, 5.74) is 6.79. The van der Waals surface area contributed by atoms with Crippen LogP contribution in [0.4, 0.5) is 4.79 Å². The molecule has 1 aliphatic carbocycles. The van der Waals surface area contributed by atoms with E-state index >= 15 is 0 Å². The van der Waals surface area contributed by atoms with Gasteiger partial charge >= 0.3 is 6.09 Å². The van der Waals surface area contributed by atoms with Crippen molar-refractivity contribution in [1.82, 2.24) is 4.90 Å². The number of nitrogens with zero attached hydrogens (tertiary/aromatic N) is 1. The molecule has 1 atom stereocenters. The van der Waals surface area contributed by atoms with Crippen LogP contribution in [0.15, 0.2) is 85.4 Å². The van der Waals surface area contributed by atoms with E-state index in [-0.39, 0.29) is 18.1 Å². The van der Waals surface area contributed by atoms with Crippen LogP contribution >= 0.6 is 0 Å². The van der Waals surface area contributed by atoms with Gasteiger partial charge in [-0.05, 0) is 40.3 Å². The Bertz CT molecular complexity index is 996. The lowest BCUT2D eigenvalue weighted by atomic mass is 9.98. The largest absolute Gasteiger partial charge is 0.448 e. The number of hydrogen-bond acceptors (Lipinski definition) is 2. The maximum atomic E-state index is 12.8. The van der Waals surface area contributed by atoms with E-state index in [1.165, 1.54) is 22.3 Å². The van der Waals surface area contributed by atoms with Crippen LogP contribution < -0.4 is 0 Å². The van der Waals surface area contributed by atoms with Gasteiger partial charge in [0.25, 0.3) is 0 Å². The fraction of sp³-hybridized carbons (Fsp3) is 0.192. The Morgan fingerprint density at radius 2 is 1.45 bits per heavy atom. The van der Waals surface area contributed by atoms with Gasteiger partial charge in [-0.3, -0.25) is 0 Å². The molecule has 0 aliphatic heterocycles. The highest BCUT2D eigenvalue weighted by Gasteiger charge is 2.30. The first-order valence-corrected chi connectivity index (χ1v) is 9.90. The normalized spacial score (nSPS) is 13.3. The lowest BCUT2D eigenvalue weighted by Gasteiger charge is -2.27. The predicted molar refractivity (Wildman–Crippen MR) is 118 cm³/mol. The summed E-state index contributed by atoms with van der Waals surface area (Å²) in [7, 11) is 1.76. The standard InChI is InChI=1S/C26H25NO2/c1-18(20-11-5-4-6-12-20)19(2)27(3)26(28)29-17-25-23-15-9-7-13-21(23)22-14-8-10-16-24(22)25/h4-16,19,25H,1,17H2,2-3H3. The summed E-state index contributed by atoms with van der Waals surface area (Å²) < 4.78 is 5.75. The van der Waals surface area contributed by atoms with Gasteiger partial charge in [-0.25, -0.2) is 4.79 Å². The average Bonchev–Trinajstić information content (AvgIpc) is 3.10. The van der Waals surface area contributed by atoms with Crippen molar-refractivity contribution in [1.29, 1.82) is 0 Å². The molecule has 0 radical (unpaired) electrons. The lowest BCUT2D eigenvalue weighted by Crippen LogP contribution is -2.36. The van der Waals surface area contributed by atoms with Crippen LogP contribution in [-0.4, -0.2) is 30.7 Å². The van der Waals surface area contributed by atoms with Gasteiger partial charge in [0.05, 0.1) is 6.04 Å². The van der Waals surface area contributed by atoms with Crippen molar-refractivity contribution < 1.29 is 9.53 Å². The molecule has 29 heavy (non-hydrogen) atoms. The van der Waals surface area contributed by atoms with Gasteiger partial charge in [-0.1, -0.05) is 85.4 Å². The van der Waals surface area contributed by atoms with Gasteiger partial charge in [0.2, 0.25) is 0 Å². The first-order chi connectivity index (χ1) is 14.1. The van der Waals surface area contributed by atoms with Crippen LogP contribution in [0.1, 0.15) is 29.5 Å². The van der Waals surface area contributed by atoms with Crippen molar-refractivity contribution in [2.45, 2.75) is 18.9 Å². The number of carbonyl (C=O) groups is 1. The van der Waals surface area contributed by atoms with E-state index in [0.29, 0.717) is 6.61 Å². The average molecular weight is 383 g/mol. The zero-order valence-corrected chi connectivity index (χ0v) is 16.8. The van der Waals surface area contributed by atoms with Crippen molar-refractivity contribution >= 4 is 11.7 Å². The van der Waals surface area contributed by atoms with Crippen LogP contribution in [0, 0.1) is 0 Å². The molecule has 3 nitrogen and oxygen atoms in total. The van der Waals surface area contributed by atoms with Gasteiger partial charge in [-0.15, -0.1) is 0 Å². The molecule has 1 unspecified atom stereocenters. The van der Waals surface area contributed by atoms with Gasteiger partial charge < -0.3 is 9.64 Å². The highest BCUT2D eigenvalue weighted by atomic mass is 16.6. The van der Waals surface area contributed by atoms with Crippen molar-refractivity contribution in [2.24, 2.45) is 0 Å². The Hall–Kier alpha value is -3.33. The van der Waals surface area contributed by atoms with E-state index in [0.717, 1.165) is 11.1 Å². The summed E-state index contributed by atoms with van der Waals surface area (Å²) in [6, 6.07) is 26.5. The topological polar surface area (TPSA) is 29.5 Å². The van der Waals surface area contributed by atoms with Crippen LogP contribution in [0.3, 0.4) is 0 Å².